The van der Waals surface area contributed by atoms with E-state index < -0.39 is 6.29 Å². The van der Waals surface area contributed by atoms with Crippen LogP contribution < -0.4 is 0 Å². The molecule has 0 aliphatic carbocycles. The van der Waals surface area contributed by atoms with E-state index in [1.165, 1.54) is 11.1 Å². The predicted molar refractivity (Wildman–Crippen MR) is 76.3 cm³/mol. The molecule has 1 aromatic heterocycles. The van der Waals surface area contributed by atoms with Crippen LogP contribution in [0.3, 0.4) is 0 Å². The highest BCUT2D eigenvalue weighted by molar-refractivity contribution is 5.22. The Balaban J connectivity index is 2.07. The highest BCUT2D eigenvalue weighted by Gasteiger charge is 2.15. The van der Waals surface area contributed by atoms with E-state index in [1.54, 1.807) is 4.68 Å². The Hall–Kier alpha value is -1.72. The van der Waals surface area contributed by atoms with Gasteiger partial charge in [0.25, 0.3) is 0 Å². The molecule has 0 atom stereocenters. The molecule has 0 fully saturated rings. The highest BCUT2D eigenvalue weighted by Crippen LogP contribution is 2.16. The zero-order valence-corrected chi connectivity index (χ0v) is 12.2. The molecule has 5 nitrogen and oxygen atoms in total. The first kappa shape index (κ1) is 14.7. The average molecular weight is 275 g/mol. The van der Waals surface area contributed by atoms with Crippen molar-refractivity contribution >= 4 is 0 Å². The fourth-order valence-corrected chi connectivity index (χ4v) is 2.02. The zero-order valence-electron chi connectivity index (χ0n) is 12.2. The molecule has 0 N–H and O–H groups in total. The summed E-state index contributed by atoms with van der Waals surface area (Å²) < 4.78 is 12.8. The van der Waals surface area contributed by atoms with E-state index in [0.29, 0.717) is 25.5 Å². The van der Waals surface area contributed by atoms with Crippen molar-refractivity contribution < 1.29 is 9.47 Å². The van der Waals surface area contributed by atoms with Crippen LogP contribution in [-0.2, 0) is 16.0 Å². The minimum absolute atomic E-state index is 0.434. The maximum absolute atomic E-state index is 5.51. The highest BCUT2D eigenvalue weighted by atomic mass is 16.7. The van der Waals surface area contributed by atoms with Crippen molar-refractivity contribution in [1.82, 2.24) is 15.0 Å². The van der Waals surface area contributed by atoms with Crippen LogP contribution in [0.25, 0.3) is 0 Å². The first-order valence-corrected chi connectivity index (χ1v) is 6.91. The quantitative estimate of drug-likeness (QED) is 0.729. The Kier molecular flexibility index (Phi) is 5.26. The Morgan fingerprint density at radius 3 is 2.60 bits per heavy atom. The Labute approximate surface area is 119 Å². The van der Waals surface area contributed by atoms with Crippen LogP contribution in [0.15, 0.2) is 30.5 Å². The molecule has 1 aromatic carbocycles. The second-order valence-electron chi connectivity index (χ2n) is 4.57. The Bertz CT molecular complexity index is 533. The van der Waals surface area contributed by atoms with Crippen LogP contribution in [0.2, 0.25) is 0 Å². The van der Waals surface area contributed by atoms with Gasteiger partial charge in [-0.25, -0.2) is 4.68 Å². The summed E-state index contributed by atoms with van der Waals surface area (Å²) in [7, 11) is 0. The molecule has 5 heteroatoms. The summed E-state index contributed by atoms with van der Waals surface area (Å²) in [6.45, 7) is 7.80. The molecule has 0 saturated carbocycles. The molecule has 0 aliphatic rings. The second-order valence-corrected chi connectivity index (χ2v) is 4.57. The van der Waals surface area contributed by atoms with Crippen molar-refractivity contribution in [3.63, 3.8) is 0 Å². The number of nitrogens with zero attached hydrogens (tertiary/aromatic N) is 3. The number of aromatic nitrogens is 3. The zero-order chi connectivity index (χ0) is 14.4. The SMILES string of the molecule is CCOC(OCC)c1cn(Cc2cccc(C)c2)nn1. The largest absolute Gasteiger partial charge is 0.347 e. The van der Waals surface area contributed by atoms with Gasteiger partial charge in [-0.05, 0) is 26.3 Å². The van der Waals surface area contributed by atoms with Crippen molar-refractivity contribution in [3.8, 4) is 0 Å². The van der Waals surface area contributed by atoms with E-state index in [2.05, 4.69) is 35.4 Å². The number of ether oxygens (including phenoxy) is 2. The van der Waals surface area contributed by atoms with E-state index in [-0.39, 0.29) is 0 Å². The normalized spacial score (nSPS) is 11.2. The molecule has 2 aromatic rings. The summed E-state index contributed by atoms with van der Waals surface area (Å²) in [5.41, 5.74) is 3.15. The third-order valence-corrected chi connectivity index (χ3v) is 2.86. The lowest BCUT2D eigenvalue weighted by molar-refractivity contribution is -0.142. The number of rotatable bonds is 7. The lowest BCUT2D eigenvalue weighted by atomic mass is 10.1. The number of hydrogen-bond acceptors (Lipinski definition) is 4. The number of aryl methyl sites for hydroxylation is 1. The van der Waals surface area contributed by atoms with Crippen LogP contribution in [0.5, 0.6) is 0 Å². The second kappa shape index (κ2) is 7.17. The summed E-state index contributed by atoms with van der Waals surface area (Å²) in [4.78, 5) is 0. The van der Waals surface area contributed by atoms with Gasteiger partial charge < -0.3 is 9.47 Å². The molecular weight excluding hydrogens is 254 g/mol. The van der Waals surface area contributed by atoms with Gasteiger partial charge in [-0.3, -0.25) is 0 Å². The van der Waals surface area contributed by atoms with Crippen LogP contribution >= 0.6 is 0 Å². The minimum Gasteiger partial charge on any atom is -0.347 e. The third-order valence-electron chi connectivity index (χ3n) is 2.86. The molecule has 1 heterocycles. The van der Waals surface area contributed by atoms with Crippen LogP contribution in [-0.4, -0.2) is 28.2 Å². The molecule has 20 heavy (non-hydrogen) atoms. The first-order valence-electron chi connectivity index (χ1n) is 6.91. The molecule has 0 unspecified atom stereocenters. The van der Waals surface area contributed by atoms with Gasteiger partial charge in [-0.2, -0.15) is 0 Å². The van der Waals surface area contributed by atoms with Crippen molar-refractivity contribution in [2.75, 3.05) is 13.2 Å². The van der Waals surface area contributed by atoms with E-state index in [4.69, 9.17) is 9.47 Å². The van der Waals surface area contributed by atoms with Crippen molar-refractivity contribution in [1.29, 1.82) is 0 Å². The molecule has 0 radical (unpaired) electrons. The van der Waals surface area contributed by atoms with Gasteiger partial charge >= 0.3 is 0 Å². The maximum Gasteiger partial charge on any atom is 0.204 e. The Morgan fingerprint density at radius 2 is 1.95 bits per heavy atom. The molecule has 0 aliphatic heterocycles. The van der Waals surface area contributed by atoms with Crippen molar-refractivity contribution in [3.05, 3.63) is 47.3 Å². The van der Waals surface area contributed by atoms with Gasteiger partial charge in [-0.1, -0.05) is 35.0 Å². The van der Waals surface area contributed by atoms with Crippen molar-refractivity contribution in [2.45, 2.75) is 33.6 Å². The van der Waals surface area contributed by atoms with Gasteiger partial charge in [0.2, 0.25) is 6.29 Å². The fourth-order valence-electron chi connectivity index (χ4n) is 2.02. The fraction of sp³-hybridized carbons (Fsp3) is 0.467. The molecular formula is C15H21N3O2. The molecule has 2 rings (SSSR count). The van der Waals surface area contributed by atoms with Gasteiger partial charge in [0.05, 0.1) is 12.7 Å². The standard InChI is InChI=1S/C15H21N3O2/c1-4-19-15(20-5-2)14-11-18(17-16-14)10-13-8-6-7-12(3)9-13/h6-9,11,15H,4-5,10H2,1-3H3. The minimum atomic E-state index is -0.434. The summed E-state index contributed by atoms with van der Waals surface area (Å²) in [5, 5.41) is 8.27. The lowest BCUT2D eigenvalue weighted by Crippen LogP contribution is -2.09. The number of benzene rings is 1. The van der Waals surface area contributed by atoms with Crippen molar-refractivity contribution in [2.24, 2.45) is 0 Å². The smallest absolute Gasteiger partial charge is 0.204 e. The third kappa shape index (κ3) is 3.88. The van der Waals surface area contributed by atoms with E-state index in [9.17, 15) is 0 Å². The summed E-state index contributed by atoms with van der Waals surface area (Å²) in [6, 6.07) is 8.35. The van der Waals surface area contributed by atoms with E-state index >= 15 is 0 Å². The van der Waals surface area contributed by atoms with Gasteiger partial charge in [0, 0.05) is 13.2 Å². The topological polar surface area (TPSA) is 49.2 Å². The van der Waals surface area contributed by atoms with E-state index in [0.717, 1.165) is 0 Å². The van der Waals surface area contributed by atoms with E-state index in [1.807, 2.05) is 26.1 Å². The number of hydrogen-bond donors (Lipinski definition) is 0. The Morgan fingerprint density at radius 1 is 1.20 bits per heavy atom. The maximum atomic E-state index is 5.51. The van der Waals surface area contributed by atoms with Crippen LogP contribution in [0, 0.1) is 6.92 Å². The van der Waals surface area contributed by atoms with Gasteiger partial charge in [0.1, 0.15) is 5.69 Å². The first-order chi connectivity index (χ1) is 9.72. The predicted octanol–water partition coefficient (Wildman–Crippen LogP) is 2.71. The molecule has 108 valence electrons. The summed E-state index contributed by atoms with van der Waals surface area (Å²) in [5.74, 6) is 0. The van der Waals surface area contributed by atoms with Crippen LogP contribution in [0.1, 0.15) is 37.0 Å². The van der Waals surface area contributed by atoms with Gasteiger partial charge in [-0.15, -0.1) is 5.10 Å². The lowest BCUT2D eigenvalue weighted by Gasteiger charge is -2.13. The average Bonchev–Trinajstić information content (AvgIpc) is 2.87. The summed E-state index contributed by atoms with van der Waals surface area (Å²) in [6.07, 6.45) is 1.44. The molecule has 0 saturated heterocycles. The molecule has 0 bridgehead atoms. The summed E-state index contributed by atoms with van der Waals surface area (Å²) >= 11 is 0. The van der Waals surface area contributed by atoms with Crippen LogP contribution in [0.4, 0.5) is 0 Å². The van der Waals surface area contributed by atoms with Gasteiger partial charge in [0.15, 0.2) is 0 Å². The monoisotopic (exact) mass is 275 g/mol. The molecule has 0 amide bonds. The molecule has 0 spiro atoms.